The summed E-state index contributed by atoms with van der Waals surface area (Å²) in [4.78, 5) is 26.9. The molecule has 0 radical (unpaired) electrons. The summed E-state index contributed by atoms with van der Waals surface area (Å²) < 4.78 is 0. The lowest BCUT2D eigenvalue weighted by molar-refractivity contribution is -0.124. The van der Waals surface area contributed by atoms with E-state index in [4.69, 9.17) is 0 Å². The molecule has 0 saturated carbocycles. The summed E-state index contributed by atoms with van der Waals surface area (Å²) in [6.45, 7) is 8.39. The van der Waals surface area contributed by atoms with Gasteiger partial charge in [-0.05, 0) is 56.1 Å². The standard InChI is InChI=1S/C24H28N2O2/c1-3-15-25-23(28)21-11-9-20(10-12-21)18-26-16-13-24(14-17-26,19(2)27)22-7-5-4-6-8-22/h3-12H,1,13-18H2,2H3,(H,25,28). The smallest absolute Gasteiger partial charge is 0.251 e. The van der Waals surface area contributed by atoms with Gasteiger partial charge in [-0.2, -0.15) is 0 Å². The van der Waals surface area contributed by atoms with Gasteiger partial charge in [0.05, 0.1) is 5.41 Å². The van der Waals surface area contributed by atoms with E-state index in [2.05, 4.69) is 28.9 Å². The molecule has 28 heavy (non-hydrogen) atoms. The Morgan fingerprint density at radius 1 is 1.07 bits per heavy atom. The van der Waals surface area contributed by atoms with Gasteiger partial charge in [0.15, 0.2) is 0 Å². The number of amides is 1. The van der Waals surface area contributed by atoms with Crippen molar-refractivity contribution in [1.82, 2.24) is 10.2 Å². The van der Waals surface area contributed by atoms with Crippen LogP contribution >= 0.6 is 0 Å². The minimum absolute atomic E-state index is 0.0847. The van der Waals surface area contributed by atoms with E-state index in [0.717, 1.165) is 38.0 Å². The second-order valence-corrected chi connectivity index (χ2v) is 7.48. The Balaban J connectivity index is 1.61. The SMILES string of the molecule is C=CCNC(=O)c1ccc(CN2CCC(C(C)=O)(c3ccccc3)CC2)cc1. The Labute approximate surface area is 167 Å². The molecule has 1 aliphatic heterocycles. The second kappa shape index (κ2) is 8.98. The molecule has 146 valence electrons. The molecule has 0 aliphatic carbocycles. The van der Waals surface area contributed by atoms with Crippen molar-refractivity contribution >= 4 is 11.7 Å². The summed E-state index contributed by atoms with van der Waals surface area (Å²) in [6, 6.07) is 17.9. The van der Waals surface area contributed by atoms with Crippen molar-refractivity contribution in [3.05, 3.63) is 83.9 Å². The first-order valence-electron chi connectivity index (χ1n) is 9.82. The number of likely N-dealkylation sites (tertiary alicyclic amines) is 1. The molecule has 0 atom stereocenters. The number of nitrogens with zero attached hydrogens (tertiary/aromatic N) is 1. The van der Waals surface area contributed by atoms with Crippen LogP contribution in [0.3, 0.4) is 0 Å². The monoisotopic (exact) mass is 376 g/mol. The maximum absolute atomic E-state index is 12.5. The number of hydrogen-bond donors (Lipinski definition) is 1. The molecule has 1 amide bonds. The molecule has 4 nitrogen and oxygen atoms in total. The normalized spacial score (nSPS) is 16.3. The number of hydrogen-bond acceptors (Lipinski definition) is 3. The molecule has 1 saturated heterocycles. The summed E-state index contributed by atoms with van der Waals surface area (Å²) in [5.74, 6) is 0.173. The van der Waals surface area contributed by atoms with Crippen LogP contribution in [0.2, 0.25) is 0 Å². The molecule has 1 N–H and O–H groups in total. The van der Waals surface area contributed by atoms with Crippen LogP contribution in [0.25, 0.3) is 0 Å². The molecule has 0 unspecified atom stereocenters. The highest BCUT2D eigenvalue weighted by atomic mass is 16.1. The first-order valence-corrected chi connectivity index (χ1v) is 9.82. The van der Waals surface area contributed by atoms with Crippen LogP contribution in [0.4, 0.5) is 0 Å². The van der Waals surface area contributed by atoms with E-state index in [-0.39, 0.29) is 17.1 Å². The van der Waals surface area contributed by atoms with Crippen LogP contribution < -0.4 is 5.32 Å². The van der Waals surface area contributed by atoms with E-state index in [1.807, 2.05) is 42.5 Å². The fourth-order valence-corrected chi connectivity index (χ4v) is 3.98. The Kier molecular flexibility index (Phi) is 6.42. The molecular formula is C24H28N2O2. The van der Waals surface area contributed by atoms with Gasteiger partial charge in [-0.1, -0.05) is 48.5 Å². The molecule has 2 aromatic rings. The molecular weight excluding hydrogens is 348 g/mol. The topological polar surface area (TPSA) is 49.4 Å². The van der Waals surface area contributed by atoms with Gasteiger partial charge in [0.2, 0.25) is 0 Å². The van der Waals surface area contributed by atoms with Gasteiger partial charge < -0.3 is 5.32 Å². The lowest BCUT2D eigenvalue weighted by atomic mass is 9.70. The number of carbonyl (C=O) groups excluding carboxylic acids is 2. The largest absolute Gasteiger partial charge is 0.349 e. The highest BCUT2D eigenvalue weighted by molar-refractivity contribution is 5.94. The molecule has 0 aromatic heterocycles. The van der Waals surface area contributed by atoms with Gasteiger partial charge in [0, 0.05) is 18.7 Å². The lowest BCUT2D eigenvalue weighted by Crippen LogP contribution is -2.46. The minimum atomic E-state index is -0.356. The van der Waals surface area contributed by atoms with Crippen LogP contribution in [0.1, 0.15) is 41.3 Å². The Morgan fingerprint density at radius 3 is 2.29 bits per heavy atom. The van der Waals surface area contributed by atoms with Crippen molar-refractivity contribution in [1.29, 1.82) is 0 Å². The van der Waals surface area contributed by atoms with Gasteiger partial charge >= 0.3 is 0 Å². The van der Waals surface area contributed by atoms with E-state index in [1.54, 1.807) is 13.0 Å². The quantitative estimate of drug-likeness (QED) is 0.749. The summed E-state index contributed by atoms with van der Waals surface area (Å²) in [5.41, 5.74) is 2.61. The number of piperidine rings is 1. The van der Waals surface area contributed by atoms with Crippen molar-refractivity contribution in [2.75, 3.05) is 19.6 Å². The molecule has 3 rings (SSSR count). The Morgan fingerprint density at radius 2 is 1.71 bits per heavy atom. The zero-order valence-electron chi connectivity index (χ0n) is 16.5. The first kappa shape index (κ1) is 20.0. The van der Waals surface area contributed by atoms with Gasteiger partial charge in [0.1, 0.15) is 5.78 Å². The number of carbonyl (C=O) groups is 2. The van der Waals surface area contributed by atoms with E-state index in [1.165, 1.54) is 5.56 Å². The van der Waals surface area contributed by atoms with Gasteiger partial charge in [-0.15, -0.1) is 6.58 Å². The number of rotatable bonds is 7. The number of nitrogens with one attached hydrogen (secondary N) is 1. The van der Waals surface area contributed by atoms with Crippen molar-refractivity contribution < 1.29 is 9.59 Å². The van der Waals surface area contributed by atoms with Crippen molar-refractivity contribution in [2.24, 2.45) is 0 Å². The molecule has 1 aliphatic rings. The second-order valence-electron chi connectivity index (χ2n) is 7.48. The minimum Gasteiger partial charge on any atom is -0.349 e. The van der Waals surface area contributed by atoms with Crippen LogP contribution in [-0.2, 0) is 16.8 Å². The van der Waals surface area contributed by atoms with Crippen LogP contribution in [0.15, 0.2) is 67.3 Å². The van der Waals surface area contributed by atoms with E-state index < -0.39 is 0 Å². The predicted octanol–water partition coefficient (Wildman–Crippen LogP) is 3.73. The van der Waals surface area contributed by atoms with E-state index >= 15 is 0 Å². The number of benzene rings is 2. The Bertz CT molecular complexity index is 819. The molecule has 0 bridgehead atoms. The predicted molar refractivity (Wildman–Crippen MR) is 112 cm³/mol. The van der Waals surface area contributed by atoms with Gasteiger partial charge in [-0.25, -0.2) is 0 Å². The fraction of sp³-hybridized carbons (Fsp3) is 0.333. The molecule has 1 fully saturated rings. The zero-order chi connectivity index (χ0) is 20.0. The average Bonchev–Trinajstić information content (AvgIpc) is 2.73. The van der Waals surface area contributed by atoms with Gasteiger partial charge in [-0.3, -0.25) is 14.5 Å². The highest BCUT2D eigenvalue weighted by Gasteiger charge is 2.40. The Hall–Kier alpha value is -2.72. The van der Waals surface area contributed by atoms with E-state index in [9.17, 15) is 9.59 Å². The van der Waals surface area contributed by atoms with Gasteiger partial charge in [0.25, 0.3) is 5.91 Å². The third-order valence-electron chi connectivity index (χ3n) is 5.74. The first-order chi connectivity index (χ1) is 13.5. The summed E-state index contributed by atoms with van der Waals surface area (Å²) in [6.07, 6.45) is 3.35. The van der Waals surface area contributed by atoms with E-state index in [0.29, 0.717) is 12.1 Å². The highest BCUT2D eigenvalue weighted by Crippen LogP contribution is 2.36. The average molecular weight is 377 g/mol. The van der Waals surface area contributed by atoms with Crippen molar-refractivity contribution in [2.45, 2.75) is 31.7 Å². The third kappa shape index (κ3) is 4.39. The zero-order valence-corrected chi connectivity index (χ0v) is 16.5. The number of ketones is 1. The van der Waals surface area contributed by atoms with Crippen LogP contribution in [0.5, 0.6) is 0 Å². The third-order valence-corrected chi connectivity index (χ3v) is 5.74. The van der Waals surface area contributed by atoms with Crippen LogP contribution in [-0.4, -0.2) is 36.2 Å². The summed E-state index contributed by atoms with van der Waals surface area (Å²) >= 11 is 0. The molecule has 2 aromatic carbocycles. The molecule has 0 spiro atoms. The maximum Gasteiger partial charge on any atom is 0.251 e. The van der Waals surface area contributed by atoms with Crippen molar-refractivity contribution in [3.8, 4) is 0 Å². The summed E-state index contributed by atoms with van der Waals surface area (Å²) in [7, 11) is 0. The lowest BCUT2D eigenvalue weighted by Gasteiger charge is -2.40. The maximum atomic E-state index is 12.5. The molecule has 1 heterocycles. The molecule has 4 heteroatoms. The number of Topliss-reactive ketones (excluding diaryl/α,β-unsaturated/α-hetero) is 1. The van der Waals surface area contributed by atoms with Crippen molar-refractivity contribution in [3.63, 3.8) is 0 Å². The fourth-order valence-electron chi connectivity index (χ4n) is 3.98. The van der Waals surface area contributed by atoms with Crippen LogP contribution in [0, 0.1) is 0 Å². The summed E-state index contributed by atoms with van der Waals surface area (Å²) in [5, 5.41) is 2.79.